The van der Waals surface area contributed by atoms with Gasteiger partial charge in [-0.05, 0) is 12.1 Å². The van der Waals surface area contributed by atoms with Crippen molar-refractivity contribution in [3.8, 4) is 5.88 Å². The molecule has 5 nitrogen and oxygen atoms in total. The Morgan fingerprint density at radius 1 is 1.28 bits per heavy atom. The number of benzene rings is 1. The van der Waals surface area contributed by atoms with E-state index in [1.54, 1.807) is 18.2 Å². The van der Waals surface area contributed by atoms with Crippen LogP contribution in [0, 0.1) is 0 Å². The van der Waals surface area contributed by atoms with E-state index in [9.17, 15) is 0 Å². The summed E-state index contributed by atoms with van der Waals surface area (Å²) in [4.78, 5) is 7.91. The average molecular weight is 285 g/mol. The van der Waals surface area contributed by atoms with Gasteiger partial charge in [0.25, 0.3) is 0 Å². The molecule has 3 N–H and O–H groups in total. The lowest BCUT2D eigenvalue weighted by Gasteiger charge is -2.11. The molecule has 0 saturated heterocycles. The number of anilines is 3. The second kappa shape index (κ2) is 5.29. The molecule has 18 heavy (non-hydrogen) atoms. The predicted molar refractivity (Wildman–Crippen MR) is 72.7 cm³/mol. The summed E-state index contributed by atoms with van der Waals surface area (Å²) in [6, 6.07) is 5.23. The van der Waals surface area contributed by atoms with E-state index in [0.717, 1.165) is 0 Å². The molecule has 2 aromatic rings. The van der Waals surface area contributed by atoms with Gasteiger partial charge in [0.1, 0.15) is 12.0 Å². The first kappa shape index (κ1) is 12.7. The first-order chi connectivity index (χ1) is 8.63. The van der Waals surface area contributed by atoms with Crippen molar-refractivity contribution in [3.63, 3.8) is 0 Å². The number of halogens is 2. The number of nitrogen functional groups attached to an aromatic ring is 1. The topological polar surface area (TPSA) is 73.1 Å². The zero-order valence-corrected chi connectivity index (χ0v) is 11.0. The maximum Gasteiger partial charge on any atom is 0.242 e. The van der Waals surface area contributed by atoms with Crippen LogP contribution in [0.4, 0.5) is 17.2 Å². The Labute approximate surface area is 114 Å². The number of rotatable bonds is 3. The molecule has 0 atom stereocenters. The SMILES string of the molecule is COc1ncnc(Nc2cccc(Cl)c2Cl)c1N. The van der Waals surface area contributed by atoms with E-state index < -0.39 is 0 Å². The van der Waals surface area contributed by atoms with Gasteiger partial charge in [-0.2, -0.15) is 4.98 Å². The van der Waals surface area contributed by atoms with Crippen LogP contribution in [-0.2, 0) is 0 Å². The van der Waals surface area contributed by atoms with Crippen molar-refractivity contribution in [2.45, 2.75) is 0 Å². The maximum atomic E-state index is 6.06. The molecule has 0 spiro atoms. The van der Waals surface area contributed by atoms with E-state index >= 15 is 0 Å². The molecule has 0 bridgehead atoms. The number of ether oxygens (including phenoxy) is 1. The van der Waals surface area contributed by atoms with Crippen molar-refractivity contribution in [3.05, 3.63) is 34.6 Å². The lowest BCUT2D eigenvalue weighted by Crippen LogP contribution is -2.03. The molecule has 2 rings (SSSR count). The highest BCUT2D eigenvalue weighted by molar-refractivity contribution is 6.43. The number of hydrogen-bond acceptors (Lipinski definition) is 5. The van der Waals surface area contributed by atoms with Crippen LogP contribution < -0.4 is 15.8 Å². The van der Waals surface area contributed by atoms with Crippen LogP contribution >= 0.6 is 23.2 Å². The van der Waals surface area contributed by atoms with Crippen LogP contribution in [0.3, 0.4) is 0 Å². The fourth-order valence-electron chi connectivity index (χ4n) is 1.37. The minimum Gasteiger partial charge on any atom is -0.479 e. The summed E-state index contributed by atoms with van der Waals surface area (Å²) in [5.74, 6) is 0.705. The molecule has 1 aromatic heterocycles. The zero-order valence-electron chi connectivity index (χ0n) is 9.45. The van der Waals surface area contributed by atoms with E-state index in [2.05, 4.69) is 15.3 Å². The number of nitrogens with one attached hydrogen (secondary N) is 1. The molecule has 1 heterocycles. The van der Waals surface area contributed by atoms with Crippen LogP contribution in [0.5, 0.6) is 5.88 Å². The molecule has 0 aliphatic heterocycles. The first-order valence-electron chi connectivity index (χ1n) is 4.99. The second-order valence-electron chi connectivity index (χ2n) is 3.37. The summed E-state index contributed by atoms with van der Waals surface area (Å²) in [5, 5.41) is 3.83. The summed E-state index contributed by atoms with van der Waals surface area (Å²) in [7, 11) is 1.48. The molecular formula is C11H10Cl2N4O. The highest BCUT2D eigenvalue weighted by atomic mass is 35.5. The molecule has 0 radical (unpaired) electrons. The smallest absolute Gasteiger partial charge is 0.242 e. The number of aromatic nitrogens is 2. The Morgan fingerprint density at radius 2 is 2.06 bits per heavy atom. The fraction of sp³-hybridized carbons (Fsp3) is 0.0909. The normalized spacial score (nSPS) is 10.2. The van der Waals surface area contributed by atoms with Crippen molar-refractivity contribution < 1.29 is 4.74 Å². The molecule has 0 aliphatic rings. The predicted octanol–water partition coefficient (Wildman–Crippen LogP) is 3.12. The van der Waals surface area contributed by atoms with Gasteiger partial charge in [-0.15, -0.1) is 0 Å². The van der Waals surface area contributed by atoms with Gasteiger partial charge >= 0.3 is 0 Å². The van der Waals surface area contributed by atoms with Crippen LogP contribution in [0.15, 0.2) is 24.5 Å². The largest absolute Gasteiger partial charge is 0.479 e. The quantitative estimate of drug-likeness (QED) is 0.906. The first-order valence-corrected chi connectivity index (χ1v) is 5.74. The number of nitrogens with zero attached hydrogens (tertiary/aromatic N) is 2. The molecule has 0 amide bonds. The van der Waals surface area contributed by atoms with Gasteiger partial charge < -0.3 is 15.8 Å². The van der Waals surface area contributed by atoms with Crippen molar-refractivity contribution in [2.75, 3.05) is 18.2 Å². The standard InChI is InChI=1S/C11H10Cl2N4O/c1-18-11-9(14)10(15-5-16-11)17-7-4-2-3-6(12)8(7)13/h2-5H,14H2,1H3,(H,15,16,17). The monoisotopic (exact) mass is 284 g/mol. The Bertz CT molecular complexity index is 577. The van der Waals surface area contributed by atoms with Crippen molar-refractivity contribution >= 4 is 40.4 Å². The molecule has 1 aromatic carbocycles. The molecule has 0 aliphatic carbocycles. The van der Waals surface area contributed by atoms with Gasteiger partial charge in [-0.3, -0.25) is 0 Å². The second-order valence-corrected chi connectivity index (χ2v) is 4.16. The van der Waals surface area contributed by atoms with Crippen LogP contribution in [0.1, 0.15) is 0 Å². The molecule has 0 saturated carbocycles. The van der Waals surface area contributed by atoms with Gasteiger partial charge in [0.15, 0.2) is 5.82 Å². The van der Waals surface area contributed by atoms with Gasteiger partial charge in [0.05, 0.1) is 22.8 Å². The lowest BCUT2D eigenvalue weighted by atomic mass is 10.3. The Balaban J connectivity index is 2.37. The number of nitrogens with two attached hydrogens (primary N) is 1. The number of hydrogen-bond donors (Lipinski definition) is 2. The molecular weight excluding hydrogens is 275 g/mol. The Kier molecular flexibility index (Phi) is 3.74. The van der Waals surface area contributed by atoms with Crippen LogP contribution in [0.2, 0.25) is 10.0 Å². The minimum absolute atomic E-state index is 0.297. The van der Waals surface area contributed by atoms with Crippen LogP contribution in [-0.4, -0.2) is 17.1 Å². The third kappa shape index (κ3) is 2.42. The Morgan fingerprint density at radius 3 is 2.78 bits per heavy atom. The maximum absolute atomic E-state index is 6.06. The van der Waals surface area contributed by atoms with Crippen molar-refractivity contribution in [2.24, 2.45) is 0 Å². The lowest BCUT2D eigenvalue weighted by molar-refractivity contribution is 0.399. The summed E-state index contributed by atoms with van der Waals surface area (Å²) in [6.07, 6.45) is 1.34. The third-order valence-corrected chi connectivity index (χ3v) is 3.06. The van der Waals surface area contributed by atoms with Gasteiger partial charge in [0.2, 0.25) is 5.88 Å². The highest BCUT2D eigenvalue weighted by Gasteiger charge is 2.11. The molecule has 7 heteroatoms. The summed E-state index contributed by atoms with van der Waals surface area (Å²) in [5.41, 5.74) is 6.75. The molecule has 0 unspecified atom stereocenters. The minimum atomic E-state index is 0.297. The van der Waals surface area contributed by atoms with E-state index in [-0.39, 0.29) is 0 Å². The molecule has 94 valence electrons. The van der Waals surface area contributed by atoms with Gasteiger partial charge in [0, 0.05) is 0 Å². The average Bonchev–Trinajstić information content (AvgIpc) is 2.37. The molecule has 0 fully saturated rings. The third-order valence-electron chi connectivity index (χ3n) is 2.25. The zero-order chi connectivity index (χ0) is 13.1. The van der Waals surface area contributed by atoms with Crippen LogP contribution in [0.25, 0.3) is 0 Å². The van der Waals surface area contributed by atoms with E-state index in [0.29, 0.717) is 33.1 Å². The summed E-state index contributed by atoms with van der Waals surface area (Å²) >= 11 is 12.0. The van der Waals surface area contributed by atoms with E-state index in [1.165, 1.54) is 13.4 Å². The van der Waals surface area contributed by atoms with Gasteiger partial charge in [-0.1, -0.05) is 29.3 Å². The summed E-state index contributed by atoms with van der Waals surface area (Å²) < 4.78 is 5.00. The van der Waals surface area contributed by atoms with Gasteiger partial charge in [-0.25, -0.2) is 4.98 Å². The van der Waals surface area contributed by atoms with E-state index in [1.807, 2.05) is 0 Å². The van der Waals surface area contributed by atoms with E-state index in [4.69, 9.17) is 33.7 Å². The van der Waals surface area contributed by atoms with Crippen molar-refractivity contribution in [1.29, 1.82) is 0 Å². The fourth-order valence-corrected chi connectivity index (χ4v) is 1.72. The highest BCUT2D eigenvalue weighted by Crippen LogP contribution is 2.33. The number of methoxy groups -OCH3 is 1. The summed E-state index contributed by atoms with van der Waals surface area (Å²) in [6.45, 7) is 0. The van der Waals surface area contributed by atoms with Crippen molar-refractivity contribution in [1.82, 2.24) is 9.97 Å². The Hall–Kier alpha value is -1.72.